The van der Waals surface area contributed by atoms with Gasteiger partial charge in [-0.15, -0.1) is 0 Å². The molecule has 1 N–H and O–H groups in total. The van der Waals surface area contributed by atoms with Crippen LogP contribution in [0.15, 0.2) is 30.6 Å². The Kier molecular flexibility index (Phi) is 2.62. The van der Waals surface area contributed by atoms with E-state index in [1.165, 1.54) is 12.3 Å². The third-order valence-electron chi connectivity index (χ3n) is 1.97. The van der Waals surface area contributed by atoms with Crippen LogP contribution >= 0.6 is 0 Å². The summed E-state index contributed by atoms with van der Waals surface area (Å²) >= 11 is 0. The van der Waals surface area contributed by atoms with E-state index in [4.69, 9.17) is 0 Å². The summed E-state index contributed by atoms with van der Waals surface area (Å²) < 4.78 is 14.2. The monoisotopic (exact) mass is 206 g/mol. The molecule has 0 atom stereocenters. The zero-order valence-electron chi connectivity index (χ0n) is 8.31. The Morgan fingerprint density at radius 3 is 2.87 bits per heavy atom. The van der Waals surface area contributed by atoms with Crippen LogP contribution in [-0.2, 0) is 13.6 Å². The van der Waals surface area contributed by atoms with Crippen LogP contribution in [-0.4, -0.2) is 14.8 Å². The quantitative estimate of drug-likeness (QED) is 0.775. The highest BCUT2D eigenvalue weighted by atomic mass is 19.1. The van der Waals surface area contributed by atoms with Crippen LogP contribution in [0.2, 0.25) is 0 Å². The maximum Gasteiger partial charge on any atom is 0.212 e. The summed E-state index contributed by atoms with van der Waals surface area (Å²) in [6.07, 6.45) is 3.33. The first-order valence-electron chi connectivity index (χ1n) is 4.58. The van der Waals surface area contributed by atoms with Gasteiger partial charge in [0.1, 0.15) is 0 Å². The Hall–Kier alpha value is -1.91. The normalized spacial score (nSPS) is 10.3. The molecule has 2 aromatic heterocycles. The number of hydrogen-bond acceptors (Lipinski definition) is 3. The molecular formula is C10H11FN4. The van der Waals surface area contributed by atoms with Crippen LogP contribution < -0.4 is 5.32 Å². The maximum atomic E-state index is 12.5. The van der Waals surface area contributed by atoms with Crippen molar-refractivity contribution in [1.29, 1.82) is 0 Å². The fraction of sp³-hybridized carbons (Fsp3) is 0.200. The van der Waals surface area contributed by atoms with Gasteiger partial charge in [-0.25, -0.2) is 4.98 Å². The zero-order chi connectivity index (χ0) is 10.7. The summed E-state index contributed by atoms with van der Waals surface area (Å²) in [5.41, 5.74) is 1.71. The van der Waals surface area contributed by atoms with Gasteiger partial charge < -0.3 is 5.32 Å². The molecule has 0 fully saturated rings. The van der Waals surface area contributed by atoms with Crippen molar-refractivity contribution in [2.75, 3.05) is 5.32 Å². The number of pyridine rings is 1. The largest absolute Gasteiger partial charge is 0.378 e. The lowest BCUT2D eigenvalue weighted by atomic mass is 10.4. The van der Waals surface area contributed by atoms with Crippen molar-refractivity contribution in [1.82, 2.24) is 14.8 Å². The molecule has 0 aliphatic heterocycles. The first kappa shape index (κ1) is 9.64. The van der Waals surface area contributed by atoms with E-state index >= 15 is 0 Å². The fourth-order valence-corrected chi connectivity index (χ4v) is 1.23. The maximum absolute atomic E-state index is 12.5. The summed E-state index contributed by atoms with van der Waals surface area (Å²) in [7, 11) is 1.86. The molecule has 2 aromatic rings. The Morgan fingerprint density at radius 1 is 1.40 bits per heavy atom. The van der Waals surface area contributed by atoms with Crippen LogP contribution in [0.4, 0.5) is 10.1 Å². The topological polar surface area (TPSA) is 42.7 Å². The number of anilines is 1. The van der Waals surface area contributed by atoms with Gasteiger partial charge in [0, 0.05) is 13.2 Å². The van der Waals surface area contributed by atoms with Gasteiger partial charge in [0.05, 0.1) is 24.1 Å². The van der Waals surface area contributed by atoms with E-state index in [0.29, 0.717) is 6.54 Å². The molecule has 15 heavy (non-hydrogen) atoms. The van der Waals surface area contributed by atoms with Crippen molar-refractivity contribution < 1.29 is 4.39 Å². The second kappa shape index (κ2) is 4.08. The molecule has 2 rings (SSSR count). The average Bonchev–Trinajstić information content (AvgIpc) is 2.64. The van der Waals surface area contributed by atoms with Gasteiger partial charge in [-0.1, -0.05) is 0 Å². The van der Waals surface area contributed by atoms with Gasteiger partial charge in [-0.3, -0.25) is 4.68 Å². The Bertz CT molecular complexity index is 435. The predicted molar refractivity (Wildman–Crippen MR) is 54.7 cm³/mol. The number of rotatable bonds is 3. The van der Waals surface area contributed by atoms with Gasteiger partial charge in [0.25, 0.3) is 0 Å². The van der Waals surface area contributed by atoms with E-state index in [1.807, 2.05) is 19.3 Å². The minimum absolute atomic E-state index is 0.474. The number of halogens is 1. The first-order valence-corrected chi connectivity index (χ1v) is 4.58. The van der Waals surface area contributed by atoms with E-state index in [9.17, 15) is 4.39 Å². The summed E-state index contributed by atoms with van der Waals surface area (Å²) in [5, 5.41) is 7.30. The van der Waals surface area contributed by atoms with Crippen LogP contribution in [0, 0.1) is 5.95 Å². The highest BCUT2D eigenvalue weighted by Crippen LogP contribution is 2.06. The lowest BCUT2D eigenvalue weighted by Crippen LogP contribution is -2.01. The molecular weight excluding hydrogens is 195 g/mol. The summed E-state index contributed by atoms with van der Waals surface area (Å²) in [6, 6.07) is 4.88. The molecule has 78 valence electrons. The molecule has 0 saturated heterocycles. The molecule has 0 aromatic carbocycles. The Morgan fingerprint density at radius 2 is 2.27 bits per heavy atom. The van der Waals surface area contributed by atoms with Crippen molar-refractivity contribution in [2.45, 2.75) is 6.54 Å². The SMILES string of the molecule is Cn1ccc(CNc2ccc(F)nc2)n1. The van der Waals surface area contributed by atoms with E-state index in [-0.39, 0.29) is 0 Å². The molecule has 0 unspecified atom stereocenters. The van der Waals surface area contributed by atoms with Crippen LogP contribution in [0.5, 0.6) is 0 Å². The fourth-order valence-electron chi connectivity index (χ4n) is 1.23. The van der Waals surface area contributed by atoms with Crippen LogP contribution in [0.25, 0.3) is 0 Å². The minimum atomic E-state index is -0.474. The van der Waals surface area contributed by atoms with Crippen LogP contribution in [0.1, 0.15) is 5.69 Å². The van der Waals surface area contributed by atoms with Crippen molar-refractivity contribution in [3.05, 3.63) is 42.2 Å². The second-order valence-electron chi connectivity index (χ2n) is 3.20. The summed E-state index contributed by atoms with van der Waals surface area (Å²) in [4.78, 5) is 3.54. The highest BCUT2D eigenvalue weighted by Gasteiger charge is 1.97. The van der Waals surface area contributed by atoms with E-state index < -0.39 is 5.95 Å². The van der Waals surface area contributed by atoms with Crippen LogP contribution in [0.3, 0.4) is 0 Å². The molecule has 0 aliphatic carbocycles. The van der Waals surface area contributed by atoms with Crippen molar-refractivity contribution in [3.8, 4) is 0 Å². The molecule has 4 nitrogen and oxygen atoms in total. The van der Waals surface area contributed by atoms with Gasteiger partial charge in [0.15, 0.2) is 0 Å². The molecule has 0 spiro atoms. The molecule has 0 aliphatic rings. The third kappa shape index (κ3) is 2.52. The highest BCUT2D eigenvalue weighted by molar-refractivity contribution is 5.40. The second-order valence-corrected chi connectivity index (χ2v) is 3.20. The molecule has 0 radical (unpaired) electrons. The molecule has 2 heterocycles. The van der Waals surface area contributed by atoms with Crippen molar-refractivity contribution in [3.63, 3.8) is 0 Å². The average molecular weight is 206 g/mol. The lowest BCUT2D eigenvalue weighted by Gasteiger charge is -2.02. The number of aromatic nitrogens is 3. The molecule has 0 saturated carbocycles. The number of nitrogens with one attached hydrogen (secondary N) is 1. The molecule has 0 amide bonds. The molecule has 0 bridgehead atoms. The third-order valence-corrected chi connectivity index (χ3v) is 1.97. The standard InChI is InChI=1S/C10H11FN4/c1-15-5-4-9(14-15)7-12-8-2-3-10(11)13-6-8/h2-6,12H,7H2,1H3. The first-order chi connectivity index (χ1) is 7.24. The van der Waals surface area contributed by atoms with E-state index in [1.54, 1.807) is 10.7 Å². The zero-order valence-corrected chi connectivity index (χ0v) is 8.31. The summed E-state index contributed by atoms with van der Waals surface area (Å²) in [6.45, 7) is 0.605. The Balaban J connectivity index is 1.96. The van der Waals surface area contributed by atoms with Crippen molar-refractivity contribution >= 4 is 5.69 Å². The van der Waals surface area contributed by atoms with Gasteiger partial charge in [0.2, 0.25) is 5.95 Å². The summed E-state index contributed by atoms with van der Waals surface area (Å²) in [5.74, 6) is -0.474. The van der Waals surface area contributed by atoms with Gasteiger partial charge in [-0.2, -0.15) is 9.49 Å². The number of hydrogen-bond donors (Lipinski definition) is 1. The number of nitrogens with zero attached hydrogens (tertiary/aromatic N) is 3. The van der Waals surface area contributed by atoms with Crippen molar-refractivity contribution in [2.24, 2.45) is 7.05 Å². The van der Waals surface area contributed by atoms with Gasteiger partial charge >= 0.3 is 0 Å². The minimum Gasteiger partial charge on any atom is -0.378 e. The van der Waals surface area contributed by atoms with E-state index in [2.05, 4.69) is 15.4 Å². The lowest BCUT2D eigenvalue weighted by molar-refractivity contribution is 0.584. The molecule has 5 heteroatoms. The Labute approximate surface area is 86.8 Å². The van der Waals surface area contributed by atoms with Gasteiger partial charge in [-0.05, 0) is 18.2 Å². The smallest absolute Gasteiger partial charge is 0.212 e. The number of aryl methyl sites for hydroxylation is 1. The van der Waals surface area contributed by atoms with E-state index in [0.717, 1.165) is 11.4 Å². The predicted octanol–water partition coefficient (Wildman–Crippen LogP) is 1.57.